The number of carboxylic acid groups (broad SMARTS) is 1. The quantitative estimate of drug-likeness (QED) is 0.476. The molecule has 3 nitrogen and oxygen atoms in total. The molecule has 0 aliphatic heterocycles. The van der Waals surface area contributed by atoms with Crippen molar-refractivity contribution in [3.63, 3.8) is 0 Å². The Morgan fingerprint density at radius 2 is 2.10 bits per heavy atom. The van der Waals surface area contributed by atoms with E-state index in [4.69, 9.17) is 28.3 Å². The lowest BCUT2D eigenvalue weighted by Gasteiger charge is -2.19. The predicted octanol–water partition coefficient (Wildman–Crippen LogP) is 4.85. The Hall–Kier alpha value is -1.03. The van der Waals surface area contributed by atoms with Crippen LogP contribution in [0.4, 0.5) is 0 Å². The first-order valence-corrected chi connectivity index (χ1v) is 7.81. The van der Waals surface area contributed by atoms with Crippen LogP contribution in [-0.4, -0.2) is 17.6 Å². The van der Waals surface area contributed by atoms with E-state index in [1.165, 1.54) is 0 Å². The molecule has 1 atom stereocenters. The van der Waals surface area contributed by atoms with Crippen LogP contribution in [0.15, 0.2) is 30.9 Å². The molecule has 0 radical (unpaired) electrons. The summed E-state index contributed by atoms with van der Waals surface area (Å²) in [6.07, 6.45) is 5.42. The van der Waals surface area contributed by atoms with Gasteiger partial charge in [0.2, 0.25) is 0 Å². The fourth-order valence-corrected chi connectivity index (χ4v) is 2.38. The van der Waals surface area contributed by atoms with E-state index in [1.54, 1.807) is 6.07 Å². The van der Waals surface area contributed by atoms with Crippen LogP contribution in [0.2, 0.25) is 10.0 Å². The highest BCUT2D eigenvalue weighted by atomic mass is 35.5. The number of allylic oxidation sites excluding steroid dienone is 1. The van der Waals surface area contributed by atoms with E-state index in [9.17, 15) is 4.79 Å². The van der Waals surface area contributed by atoms with Crippen molar-refractivity contribution in [2.45, 2.75) is 38.1 Å². The number of carboxylic acids is 1. The van der Waals surface area contributed by atoms with Crippen molar-refractivity contribution in [1.82, 2.24) is 5.32 Å². The van der Waals surface area contributed by atoms with Crippen molar-refractivity contribution in [3.05, 3.63) is 46.5 Å². The molecular formula is C16H21Cl2NO2. The van der Waals surface area contributed by atoms with Gasteiger partial charge in [-0.3, -0.25) is 4.79 Å². The van der Waals surface area contributed by atoms with Gasteiger partial charge in [-0.1, -0.05) is 35.3 Å². The van der Waals surface area contributed by atoms with Crippen LogP contribution in [-0.2, 0) is 4.79 Å². The molecule has 0 bridgehead atoms. The summed E-state index contributed by atoms with van der Waals surface area (Å²) in [7, 11) is 0. The molecule has 0 aromatic heterocycles. The SMILES string of the molecule is C=CCCC(NCCCCC(=O)O)c1ccc(Cl)c(Cl)c1. The second kappa shape index (κ2) is 9.82. The molecular weight excluding hydrogens is 309 g/mol. The van der Waals surface area contributed by atoms with Crippen LogP contribution >= 0.6 is 23.2 Å². The number of halogens is 2. The molecule has 1 unspecified atom stereocenters. The molecule has 116 valence electrons. The van der Waals surface area contributed by atoms with Crippen LogP contribution in [0.25, 0.3) is 0 Å². The van der Waals surface area contributed by atoms with Crippen molar-refractivity contribution in [2.24, 2.45) is 0 Å². The molecule has 1 aromatic rings. The summed E-state index contributed by atoms with van der Waals surface area (Å²) in [6.45, 7) is 4.52. The Kier molecular flexibility index (Phi) is 8.43. The van der Waals surface area contributed by atoms with Gasteiger partial charge in [0.15, 0.2) is 0 Å². The fraction of sp³-hybridized carbons (Fsp3) is 0.438. The minimum absolute atomic E-state index is 0.169. The Morgan fingerprint density at radius 1 is 1.33 bits per heavy atom. The van der Waals surface area contributed by atoms with Gasteiger partial charge in [0.05, 0.1) is 10.0 Å². The topological polar surface area (TPSA) is 49.3 Å². The second-order valence-electron chi connectivity index (χ2n) is 4.90. The molecule has 1 aromatic carbocycles. The van der Waals surface area contributed by atoms with Crippen LogP contribution < -0.4 is 5.32 Å². The van der Waals surface area contributed by atoms with Crippen molar-refractivity contribution < 1.29 is 9.90 Å². The molecule has 0 saturated carbocycles. The molecule has 0 fully saturated rings. The van der Waals surface area contributed by atoms with E-state index in [0.29, 0.717) is 16.5 Å². The Bertz CT molecular complexity index is 477. The summed E-state index contributed by atoms with van der Waals surface area (Å²) in [5.41, 5.74) is 1.09. The molecule has 0 aliphatic carbocycles. The number of benzene rings is 1. The largest absolute Gasteiger partial charge is 0.481 e. The minimum atomic E-state index is -0.748. The van der Waals surface area contributed by atoms with Gasteiger partial charge in [0.1, 0.15) is 0 Å². The van der Waals surface area contributed by atoms with Gasteiger partial charge in [0.25, 0.3) is 0 Å². The summed E-state index contributed by atoms with van der Waals surface area (Å²) in [5.74, 6) is -0.748. The summed E-state index contributed by atoms with van der Waals surface area (Å²) < 4.78 is 0. The highest BCUT2D eigenvalue weighted by Gasteiger charge is 2.11. The first kappa shape index (κ1) is 18.0. The second-order valence-corrected chi connectivity index (χ2v) is 5.71. The zero-order chi connectivity index (χ0) is 15.7. The average molecular weight is 330 g/mol. The first-order chi connectivity index (χ1) is 10.0. The summed E-state index contributed by atoms with van der Waals surface area (Å²) in [5, 5.41) is 13.2. The third-order valence-corrected chi connectivity index (χ3v) is 3.95. The van der Waals surface area contributed by atoms with Crippen molar-refractivity contribution in [3.8, 4) is 0 Å². The Labute approximate surface area is 136 Å². The lowest BCUT2D eigenvalue weighted by atomic mass is 10.0. The number of aliphatic carboxylic acids is 1. The van der Waals surface area contributed by atoms with Gasteiger partial charge < -0.3 is 10.4 Å². The number of unbranched alkanes of at least 4 members (excludes halogenated alkanes) is 1. The van der Waals surface area contributed by atoms with Crippen LogP contribution in [0.5, 0.6) is 0 Å². The van der Waals surface area contributed by atoms with E-state index >= 15 is 0 Å². The molecule has 2 N–H and O–H groups in total. The van der Waals surface area contributed by atoms with Gasteiger partial charge >= 0.3 is 5.97 Å². The lowest BCUT2D eigenvalue weighted by molar-refractivity contribution is -0.137. The highest BCUT2D eigenvalue weighted by molar-refractivity contribution is 6.42. The summed E-state index contributed by atoms with van der Waals surface area (Å²) >= 11 is 12.0. The van der Waals surface area contributed by atoms with E-state index < -0.39 is 5.97 Å². The van der Waals surface area contributed by atoms with Gasteiger partial charge in [0, 0.05) is 12.5 Å². The van der Waals surface area contributed by atoms with E-state index in [-0.39, 0.29) is 12.5 Å². The molecule has 0 aliphatic rings. The van der Waals surface area contributed by atoms with Gasteiger partial charge in [-0.25, -0.2) is 0 Å². The number of nitrogens with one attached hydrogen (secondary N) is 1. The third-order valence-electron chi connectivity index (χ3n) is 3.21. The molecule has 0 heterocycles. The minimum Gasteiger partial charge on any atom is -0.481 e. The molecule has 5 heteroatoms. The maximum atomic E-state index is 10.5. The van der Waals surface area contributed by atoms with E-state index in [1.807, 2.05) is 18.2 Å². The standard InChI is InChI=1S/C16H21Cl2NO2/c1-2-3-6-15(19-10-5-4-7-16(20)21)12-8-9-13(17)14(18)11-12/h2,8-9,11,15,19H,1,3-7,10H2,(H,20,21). The van der Waals surface area contributed by atoms with E-state index in [0.717, 1.165) is 31.4 Å². The summed E-state index contributed by atoms with van der Waals surface area (Å²) in [4.78, 5) is 10.5. The van der Waals surface area contributed by atoms with Crippen LogP contribution in [0.1, 0.15) is 43.7 Å². The molecule has 1 rings (SSSR count). The average Bonchev–Trinajstić information content (AvgIpc) is 2.44. The van der Waals surface area contributed by atoms with Gasteiger partial charge in [-0.15, -0.1) is 6.58 Å². The molecule has 0 spiro atoms. The lowest BCUT2D eigenvalue weighted by Crippen LogP contribution is -2.22. The number of rotatable bonds is 10. The molecule has 0 amide bonds. The molecule has 21 heavy (non-hydrogen) atoms. The zero-order valence-corrected chi connectivity index (χ0v) is 13.5. The third kappa shape index (κ3) is 6.98. The number of carbonyl (C=O) groups is 1. The van der Waals surface area contributed by atoms with E-state index in [2.05, 4.69) is 11.9 Å². The van der Waals surface area contributed by atoms with Gasteiger partial charge in [-0.05, 0) is 49.9 Å². The van der Waals surface area contributed by atoms with Crippen molar-refractivity contribution >= 4 is 29.2 Å². The number of hydrogen-bond donors (Lipinski definition) is 2. The monoisotopic (exact) mass is 329 g/mol. The molecule has 0 saturated heterocycles. The van der Waals surface area contributed by atoms with Crippen molar-refractivity contribution in [2.75, 3.05) is 6.54 Å². The van der Waals surface area contributed by atoms with Crippen LogP contribution in [0.3, 0.4) is 0 Å². The van der Waals surface area contributed by atoms with Crippen molar-refractivity contribution in [1.29, 1.82) is 0 Å². The Morgan fingerprint density at radius 3 is 2.71 bits per heavy atom. The normalized spacial score (nSPS) is 12.1. The zero-order valence-electron chi connectivity index (χ0n) is 11.9. The fourth-order valence-electron chi connectivity index (χ4n) is 2.08. The maximum Gasteiger partial charge on any atom is 0.303 e. The number of hydrogen-bond acceptors (Lipinski definition) is 2. The summed E-state index contributed by atoms with van der Waals surface area (Å²) in [6, 6.07) is 5.81. The maximum absolute atomic E-state index is 10.5. The predicted molar refractivity (Wildman–Crippen MR) is 88.1 cm³/mol. The van der Waals surface area contributed by atoms with Crippen LogP contribution in [0, 0.1) is 0 Å². The Balaban J connectivity index is 2.56. The highest BCUT2D eigenvalue weighted by Crippen LogP contribution is 2.27. The smallest absolute Gasteiger partial charge is 0.303 e. The first-order valence-electron chi connectivity index (χ1n) is 7.05. The van der Waals surface area contributed by atoms with Gasteiger partial charge in [-0.2, -0.15) is 0 Å².